The van der Waals surface area contributed by atoms with Crippen LogP contribution in [0.4, 0.5) is 5.95 Å². The maximum Gasteiger partial charge on any atom is 0.216 e. The maximum atomic E-state index is 10.9. The molecule has 0 aliphatic rings. The Hall–Kier alpha value is -1.88. The van der Waals surface area contributed by atoms with Crippen molar-refractivity contribution in [3.05, 3.63) is 24.3 Å². The Morgan fingerprint density at radius 3 is 2.89 bits per heavy atom. The predicted octanol–water partition coefficient (Wildman–Crippen LogP) is 1.37. The van der Waals surface area contributed by atoms with Crippen LogP contribution in [0.1, 0.15) is 13.3 Å². The summed E-state index contributed by atoms with van der Waals surface area (Å²) in [6.07, 6.45) is 1.61. The number of fused-ring (bicyclic) bond motifs is 1. The molecule has 96 valence electrons. The molecule has 5 nitrogen and oxygen atoms in total. The molecule has 0 saturated heterocycles. The van der Waals surface area contributed by atoms with E-state index in [9.17, 15) is 4.79 Å². The van der Waals surface area contributed by atoms with Crippen molar-refractivity contribution >= 4 is 23.4 Å². The first-order valence-corrected chi connectivity index (χ1v) is 6.02. The number of benzene rings is 1. The number of nitrogens with zero attached hydrogens (tertiary/aromatic N) is 3. The quantitative estimate of drug-likeness (QED) is 0.810. The van der Waals surface area contributed by atoms with Gasteiger partial charge < -0.3 is 10.3 Å². The largest absolute Gasteiger partial charge is 0.328 e. The topological polar surface area (TPSA) is 64.2 Å². The molecule has 1 atom stereocenters. The molecule has 0 radical (unpaired) electrons. The van der Waals surface area contributed by atoms with Gasteiger partial charge in [-0.3, -0.25) is 9.69 Å². The number of hydrogen-bond donors (Lipinski definition) is 1. The van der Waals surface area contributed by atoms with Gasteiger partial charge in [0, 0.05) is 19.6 Å². The lowest BCUT2D eigenvalue weighted by molar-refractivity contribution is -0.107. The minimum Gasteiger partial charge on any atom is -0.328 e. The minimum atomic E-state index is 0.126. The van der Waals surface area contributed by atoms with Crippen LogP contribution in [0.3, 0.4) is 0 Å². The lowest BCUT2D eigenvalue weighted by atomic mass is 10.2. The summed E-state index contributed by atoms with van der Waals surface area (Å²) >= 11 is 0. The highest BCUT2D eigenvalue weighted by Gasteiger charge is 2.13. The Labute approximate surface area is 106 Å². The number of imidazole rings is 1. The SMILES string of the molecule is CC(N)CCn1c(N(C)C=O)nc2ccccc21. The third kappa shape index (κ3) is 2.36. The Bertz CT molecular complexity index is 547. The van der Waals surface area contributed by atoms with Gasteiger partial charge in [0.25, 0.3) is 0 Å². The van der Waals surface area contributed by atoms with Gasteiger partial charge in [0.2, 0.25) is 12.4 Å². The number of nitrogens with two attached hydrogens (primary N) is 1. The number of amides is 1. The first-order valence-electron chi connectivity index (χ1n) is 6.02. The predicted molar refractivity (Wildman–Crippen MR) is 72.5 cm³/mol. The van der Waals surface area contributed by atoms with Gasteiger partial charge in [0.05, 0.1) is 11.0 Å². The summed E-state index contributed by atoms with van der Waals surface area (Å²) in [5.41, 5.74) is 7.72. The summed E-state index contributed by atoms with van der Waals surface area (Å²) < 4.78 is 2.03. The van der Waals surface area contributed by atoms with E-state index in [1.54, 1.807) is 7.05 Å². The lowest BCUT2D eigenvalue weighted by Crippen LogP contribution is -2.22. The normalized spacial score (nSPS) is 12.6. The Morgan fingerprint density at radius 2 is 2.22 bits per heavy atom. The van der Waals surface area contributed by atoms with Gasteiger partial charge >= 0.3 is 0 Å². The summed E-state index contributed by atoms with van der Waals surface area (Å²) in [5, 5.41) is 0. The highest BCUT2D eigenvalue weighted by molar-refractivity contribution is 5.82. The molecule has 1 heterocycles. The first kappa shape index (κ1) is 12.6. The number of para-hydroxylation sites is 2. The lowest BCUT2D eigenvalue weighted by Gasteiger charge is -2.14. The van der Waals surface area contributed by atoms with Crippen LogP contribution in [0.5, 0.6) is 0 Å². The fraction of sp³-hybridized carbons (Fsp3) is 0.385. The van der Waals surface area contributed by atoms with Crippen LogP contribution in [0.25, 0.3) is 11.0 Å². The average molecular weight is 246 g/mol. The molecule has 2 rings (SSSR count). The van der Waals surface area contributed by atoms with E-state index in [0.717, 1.165) is 30.4 Å². The highest BCUT2D eigenvalue weighted by Crippen LogP contribution is 2.21. The monoisotopic (exact) mass is 246 g/mol. The molecule has 0 fully saturated rings. The summed E-state index contributed by atoms with van der Waals surface area (Å²) in [6.45, 7) is 2.73. The van der Waals surface area contributed by atoms with Gasteiger partial charge in [-0.15, -0.1) is 0 Å². The highest BCUT2D eigenvalue weighted by atomic mass is 16.1. The van der Waals surface area contributed by atoms with E-state index in [2.05, 4.69) is 4.98 Å². The molecular formula is C13H18N4O. The smallest absolute Gasteiger partial charge is 0.216 e. The molecule has 0 aliphatic heterocycles. The van der Waals surface area contributed by atoms with Crippen molar-refractivity contribution in [2.75, 3.05) is 11.9 Å². The molecule has 2 aromatic rings. The number of carbonyl (C=O) groups excluding carboxylic acids is 1. The van der Waals surface area contributed by atoms with E-state index >= 15 is 0 Å². The van der Waals surface area contributed by atoms with Crippen molar-refractivity contribution in [2.45, 2.75) is 25.9 Å². The molecule has 1 amide bonds. The molecule has 0 saturated carbocycles. The molecule has 0 aliphatic carbocycles. The van der Waals surface area contributed by atoms with Gasteiger partial charge in [-0.1, -0.05) is 12.1 Å². The number of hydrogen-bond acceptors (Lipinski definition) is 3. The van der Waals surface area contributed by atoms with Crippen LogP contribution >= 0.6 is 0 Å². The van der Waals surface area contributed by atoms with Gasteiger partial charge in [-0.2, -0.15) is 0 Å². The summed E-state index contributed by atoms with van der Waals surface area (Å²) in [7, 11) is 1.70. The molecule has 18 heavy (non-hydrogen) atoms. The van der Waals surface area contributed by atoms with Crippen molar-refractivity contribution in [1.82, 2.24) is 9.55 Å². The van der Waals surface area contributed by atoms with Crippen LogP contribution in [-0.2, 0) is 11.3 Å². The van der Waals surface area contributed by atoms with E-state index in [-0.39, 0.29) is 6.04 Å². The second-order valence-electron chi connectivity index (χ2n) is 4.53. The van der Waals surface area contributed by atoms with E-state index in [4.69, 9.17) is 5.73 Å². The first-order chi connectivity index (χ1) is 8.63. The zero-order valence-electron chi connectivity index (χ0n) is 10.7. The third-order valence-electron chi connectivity index (χ3n) is 2.92. The van der Waals surface area contributed by atoms with E-state index in [1.807, 2.05) is 35.8 Å². The molecule has 1 aromatic heterocycles. The van der Waals surface area contributed by atoms with Crippen LogP contribution in [-0.4, -0.2) is 29.1 Å². The molecular weight excluding hydrogens is 228 g/mol. The van der Waals surface area contributed by atoms with E-state index in [0.29, 0.717) is 5.95 Å². The number of aromatic nitrogens is 2. The standard InChI is InChI=1S/C13H18N4O/c1-10(14)7-8-17-12-6-4-3-5-11(12)15-13(17)16(2)9-18/h3-6,9-10H,7-8,14H2,1-2H3. The minimum absolute atomic E-state index is 0.126. The molecule has 2 N–H and O–H groups in total. The fourth-order valence-corrected chi connectivity index (χ4v) is 1.93. The molecule has 1 aromatic carbocycles. The molecule has 0 bridgehead atoms. The van der Waals surface area contributed by atoms with Crippen molar-refractivity contribution in [3.63, 3.8) is 0 Å². The average Bonchev–Trinajstić information content (AvgIpc) is 2.74. The molecule has 0 spiro atoms. The van der Waals surface area contributed by atoms with Crippen molar-refractivity contribution in [2.24, 2.45) is 5.73 Å². The number of aryl methyl sites for hydroxylation is 1. The van der Waals surface area contributed by atoms with E-state index < -0.39 is 0 Å². The summed E-state index contributed by atoms with van der Waals surface area (Å²) in [5.74, 6) is 0.659. The zero-order valence-corrected chi connectivity index (χ0v) is 10.7. The maximum absolute atomic E-state index is 10.9. The van der Waals surface area contributed by atoms with Crippen LogP contribution in [0.2, 0.25) is 0 Å². The fourth-order valence-electron chi connectivity index (χ4n) is 1.93. The van der Waals surface area contributed by atoms with Crippen LogP contribution in [0.15, 0.2) is 24.3 Å². The van der Waals surface area contributed by atoms with Crippen molar-refractivity contribution < 1.29 is 4.79 Å². The summed E-state index contributed by atoms with van der Waals surface area (Å²) in [6, 6.07) is 7.99. The van der Waals surface area contributed by atoms with E-state index in [1.165, 1.54) is 4.90 Å². The van der Waals surface area contributed by atoms with Gasteiger partial charge in [0.15, 0.2) is 0 Å². The molecule has 1 unspecified atom stereocenters. The van der Waals surface area contributed by atoms with Crippen molar-refractivity contribution in [1.29, 1.82) is 0 Å². The Morgan fingerprint density at radius 1 is 1.50 bits per heavy atom. The van der Waals surface area contributed by atoms with Gasteiger partial charge in [0.1, 0.15) is 0 Å². The second-order valence-corrected chi connectivity index (χ2v) is 4.53. The second kappa shape index (κ2) is 5.18. The third-order valence-corrected chi connectivity index (χ3v) is 2.92. The summed E-state index contributed by atoms with van der Waals surface area (Å²) in [4.78, 5) is 16.9. The van der Waals surface area contributed by atoms with Crippen LogP contribution < -0.4 is 10.6 Å². The molecule has 5 heteroatoms. The number of carbonyl (C=O) groups is 1. The van der Waals surface area contributed by atoms with Crippen LogP contribution in [0, 0.1) is 0 Å². The Kier molecular flexibility index (Phi) is 3.62. The zero-order chi connectivity index (χ0) is 13.1. The van der Waals surface area contributed by atoms with Crippen molar-refractivity contribution in [3.8, 4) is 0 Å². The number of rotatable bonds is 5. The number of anilines is 1. The van der Waals surface area contributed by atoms with Gasteiger partial charge in [-0.05, 0) is 25.5 Å². The van der Waals surface area contributed by atoms with Gasteiger partial charge in [-0.25, -0.2) is 4.98 Å². The Balaban J connectivity index is 2.47.